The Morgan fingerprint density at radius 1 is 1.12 bits per heavy atom. The first-order valence-electron chi connectivity index (χ1n) is 9.27. The first-order chi connectivity index (χ1) is 15.0. The standard InChI is InChI=1S/C20H18ClN5O6/c1-11-4-5-12(2)17(6-11)32-16-8-14(7-15(9-16)25(28)29)22-18(27)10-24-13(3)19(21)20(23-24)26(30)31/h4-9H,10H2,1-3H3,(H,22,27). The van der Waals surface area contributed by atoms with E-state index in [0.29, 0.717) is 5.75 Å². The quantitative estimate of drug-likeness (QED) is 0.398. The van der Waals surface area contributed by atoms with Crippen LogP contribution in [-0.4, -0.2) is 25.5 Å². The fourth-order valence-electron chi connectivity index (χ4n) is 2.88. The third kappa shape index (κ3) is 5.01. The third-order valence-corrected chi connectivity index (χ3v) is 4.98. The van der Waals surface area contributed by atoms with Crippen LogP contribution in [0.25, 0.3) is 0 Å². The monoisotopic (exact) mass is 459 g/mol. The van der Waals surface area contributed by atoms with Crippen molar-refractivity contribution in [3.63, 3.8) is 0 Å². The molecule has 1 heterocycles. The number of nitrogens with zero attached hydrogens (tertiary/aromatic N) is 4. The topological polar surface area (TPSA) is 142 Å². The van der Waals surface area contributed by atoms with E-state index < -0.39 is 21.6 Å². The minimum Gasteiger partial charge on any atom is -0.457 e. The van der Waals surface area contributed by atoms with E-state index in [4.69, 9.17) is 16.3 Å². The van der Waals surface area contributed by atoms with E-state index >= 15 is 0 Å². The van der Waals surface area contributed by atoms with Gasteiger partial charge in [0.15, 0.2) is 5.02 Å². The molecule has 0 aliphatic rings. The molecule has 12 heteroatoms. The molecule has 11 nitrogen and oxygen atoms in total. The molecule has 0 fully saturated rings. The van der Waals surface area contributed by atoms with Crippen LogP contribution < -0.4 is 10.1 Å². The molecule has 0 radical (unpaired) electrons. The van der Waals surface area contributed by atoms with Crippen LogP contribution in [0.3, 0.4) is 0 Å². The molecule has 0 atom stereocenters. The molecule has 0 spiro atoms. The third-order valence-electron chi connectivity index (χ3n) is 4.54. The average Bonchev–Trinajstić information content (AvgIpc) is 2.99. The molecule has 3 rings (SSSR count). The first-order valence-corrected chi connectivity index (χ1v) is 9.64. The first kappa shape index (κ1) is 22.7. The summed E-state index contributed by atoms with van der Waals surface area (Å²) in [5, 5.41) is 28.4. The van der Waals surface area contributed by atoms with Gasteiger partial charge in [-0.2, -0.15) is 4.68 Å². The van der Waals surface area contributed by atoms with Crippen LogP contribution in [0.4, 0.5) is 17.2 Å². The fraction of sp³-hybridized carbons (Fsp3) is 0.200. The highest BCUT2D eigenvalue weighted by atomic mass is 35.5. The Kier molecular flexibility index (Phi) is 6.40. The Labute approximate surface area is 186 Å². The summed E-state index contributed by atoms with van der Waals surface area (Å²) in [6.45, 7) is 4.83. The van der Waals surface area contributed by atoms with Gasteiger partial charge in [0.2, 0.25) is 5.91 Å². The van der Waals surface area contributed by atoms with Crippen molar-refractivity contribution in [2.75, 3.05) is 5.32 Å². The van der Waals surface area contributed by atoms with Crippen LogP contribution in [0, 0.1) is 41.0 Å². The van der Waals surface area contributed by atoms with Gasteiger partial charge in [0.05, 0.1) is 27.5 Å². The summed E-state index contributed by atoms with van der Waals surface area (Å²) >= 11 is 5.88. The van der Waals surface area contributed by atoms with E-state index in [0.717, 1.165) is 15.8 Å². The second kappa shape index (κ2) is 9.02. The van der Waals surface area contributed by atoms with Crippen molar-refractivity contribution in [2.24, 2.45) is 0 Å². The van der Waals surface area contributed by atoms with Crippen LogP contribution in [-0.2, 0) is 11.3 Å². The number of hydrogen-bond donors (Lipinski definition) is 1. The zero-order chi connectivity index (χ0) is 23.6. The second-order valence-corrected chi connectivity index (χ2v) is 7.41. The van der Waals surface area contributed by atoms with Crippen LogP contribution in [0.15, 0.2) is 36.4 Å². The van der Waals surface area contributed by atoms with Gasteiger partial charge < -0.3 is 20.2 Å². The minimum atomic E-state index is -0.749. The molecule has 1 aromatic heterocycles. The molecule has 1 amide bonds. The molecular weight excluding hydrogens is 442 g/mol. The van der Waals surface area contributed by atoms with Crippen LogP contribution >= 0.6 is 11.6 Å². The number of nitro benzene ring substituents is 1. The second-order valence-electron chi connectivity index (χ2n) is 7.03. The van der Waals surface area contributed by atoms with E-state index in [1.54, 1.807) is 6.07 Å². The Bertz CT molecular complexity index is 1240. The lowest BCUT2D eigenvalue weighted by atomic mass is 10.1. The molecule has 0 bridgehead atoms. The predicted octanol–water partition coefficient (Wildman–Crippen LogP) is 4.71. The number of carbonyl (C=O) groups excluding carboxylic acids is 1. The summed E-state index contributed by atoms with van der Waals surface area (Å²) in [6.07, 6.45) is 0. The number of amides is 1. The number of halogens is 1. The van der Waals surface area contributed by atoms with E-state index in [1.807, 2.05) is 26.0 Å². The number of nitro groups is 2. The van der Waals surface area contributed by atoms with Gasteiger partial charge in [-0.25, -0.2) is 0 Å². The van der Waals surface area contributed by atoms with E-state index in [1.165, 1.54) is 25.1 Å². The molecule has 166 valence electrons. The molecule has 32 heavy (non-hydrogen) atoms. The van der Waals surface area contributed by atoms with Crippen LogP contribution in [0.2, 0.25) is 5.02 Å². The average molecular weight is 460 g/mol. The maximum atomic E-state index is 12.5. The summed E-state index contributed by atoms with van der Waals surface area (Å²) in [5.41, 5.74) is 1.87. The number of ether oxygens (including phenoxy) is 1. The van der Waals surface area contributed by atoms with Gasteiger partial charge in [-0.3, -0.25) is 14.9 Å². The maximum Gasteiger partial charge on any atom is 0.408 e. The minimum absolute atomic E-state index is 0.120. The van der Waals surface area contributed by atoms with Gasteiger partial charge in [0, 0.05) is 12.1 Å². The lowest BCUT2D eigenvalue weighted by Gasteiger charge is -2.11. The predicted molar refractivity (Wildman–Crippen MR) is 116 cm³/mol. The lowest BCUT2D eigenvalue weighted by Crippen LogP contribution is -2.20. The van der Waals surface area contributed by atoms with Crippen molar-refractivity contribution in [1.82, 2.24) is 9.78 Å². The summed E-state index contributed by atoms with van der Waals surface area (Å²) in [4.78, 5) is 33.4. The maximum absolute atomic E-state index is 12.5. The highest BCUT2D eigenvalue weighted by Crippen LogP contribution is 2.32. The van der Waals surface area contributed by atoms with Gasteiger partial charge in [0.25, 0.3) is 5.69 Å². The Morgan fingerprint density at radius 3 is 2.47 bits per heavy atom. The number of hydrogen-bond acceptors (Lipinski definition) is 7. The number of benzene rings is 2. The van der Waals surface area contributed by atoms with Gasteiger partial charge in [0.1, 0.15) is 18.0 Å². The smallest absolute Gasteiger partial charge is 0.408 e. The number of non-ortho nitro benzene ring substituents is 1. The van der Waals surface area contributed by atoms with Crippen LogP contribution in [0.5, 0.6) is 11.5 Å². The molecule has 0 unspecified atom stereocenters. The van der Waals surface area contributed by atoms with E-state index in [9.17, 15) is 25.0 Å². The molecule has 0 aliphatic heterocycles. The van der Waals surface area contributed by atoms with Crippen molar-refractivity contribution in [3.8, 4) is 11.5 Å². The molecule has 0 saturated heterocycles. The molecule has 1 N–H and O–H groups in total. The van der Waals surface area contributed by atoms with Gasteiger partial charge in [-0.05, 0) is 42.9 Å². The Morgan fingerprint density at radius 2 is 1.84 bits per heavy atom. The Hall–Kier alpha value is -3.99. The zero-order valence-electron chi connectivity index (χ0n) is 17.3. The summed E-state index contributed by atoms with van der Waals surface area (Å²) in [5.74, 6) is -0.481. The van der Waals surface area contributed by atoms with Gasteiger partial charge in [-0.15, -0.1) is 0 Å². The molecule has 3 aromatic rings. The van der Waals surface area contributed by atoms with Crippen molar-refractivity contribution >= 4 is 34.7 Å². The molecule has 2 aromatic carbocycles. The summed E-state index contributed by atoms with van der Waals surface area (Å²) < 4.78 is 6.90. The van der Waals surface area contributed by atoms with E-state index in [-0.39, 0.29) is 34.4 Å². The highest BCUT2D eigenvalue weighted by Gasteiger charge is 2.25. The summed E-state index contributed by atoms with van der Waals surface area (Å²) in [7, 11) is 0. The highest BCUT2D eigenvalue weighted by molar-refractivity contribution is 6.33. The van der Waals surface area contributed by atoms with Gasteiger partial charge in [-0.1, -0.05) is 23.7 Å². The Balaban J connectivity index is 1.85. The number of carbonyl (C=O) groups is 1. The van der Waals surface area contributed by atoms with Crippen molar-refractivity contribution in [1.29, 1.82) is 0 Å². The van der Waals surface area contributed by atoms with Gasteiger partial charge >= 0.3 is 5.82 Å². The number of rotatable bonds is 7. The SMILES string of the molecule is Cc1ccc(C)c(Oc2cc(NC(=O)Cn3nc([N+](=O)[O-])c(Cl)c3C)cc([N+](=O)[O-])c2)c1. The van der Waals surface area contributed by atoms with Crippen LogP contribution in [0.1, 0.15) is 16.8 Å². The lowest BCUT2D eigenvalue weighted by molar-refractivity contribution is -0.389. The van der Waals surface area contributed by atoms with Crippen molar-refractivity contribution in [2.45, 2.75) is 27.3 Å². The van der Waals surface area contributed by atoms with Crippen molar-refractivity contribution in [3.05, 3.63) is 78.5 Å². The summed E-state index contributed by atoms with van der Waals surface area (Å²) in [6, 6.07) is 9.44. The molecule has 0 aliphatic carbocycles. The van der Waals surface area contributed by atoms with E-state index in [2.05, 4.69) is 10.4 Å². The normalized spacial score (nSPS) is 10.6. The number of aromatic nitrogens is 2. The zero-order valence-corrected chi connectivity index (χ0v) is 18.0. The number of aryl methyl sites for hydroxylation is 2. The molecular formula is C20H18ClN5O6. The fourth-order valence-corrected chi connectivity index (χ4v) is 3.08. The largest absolute Gasteiger partial charge is 0.457 e. The van der Waals surface area contributed by atoms with Crippen molar-refractivity contribution < 1.29 is 19.4 Å². The molecule has 0 saturated carbocycles. The number of nitrogens with one attached hydrogen (secondary N) is 1. The number of anilines is 1.